The van der Waals surface area contributed by atoms with Crippen LogP contribution in [0.3, 0.4) is 0 Å². The molecule has 1 aromatic carbocycles. The van der Waals surface area contributed by atoms with Crippen LogP contribution in [0.4, 0.5) is 22.0 Å². The molecular formula is C17H21F5IN5O. The predicted molar refractivity (Wildman–Crippen MR) is 108 cm³/mol. The lowest BCUT2D eigenvalue weighted by atomic mass is 10.1. The summed E-state index contributed by atoms with van der Waals surface area (Å²) < 4.78 is 69.6. The van der Waals surface area contributed by atoms with E-state index >= 15 is 0 Å². The molecule has 0 amide bonds. The average molecular weight is 533 g/mol. The molecule has 29 heavy (non-hydrogen) atoms. The van der Waals surface area contributed by atoms with Crippen molar-refractivity contribution in [2.24, 2.45) is 12.0 Å². The molecular weight excluding hydrogens is 512 g/mol. The Morgan fingerprint density at radius 1 is 1.21 bits per heavy atom. The standard InChI is InChI=1S/C17H20F5N5O.HI/c1-10-4-5-13(28-15(18)19)11(6-10)7-24-16(23-2)25-8-12-9-27(3)26-14(12)17(20,21)22;/h4-6,9,15H,7-8H2,1-3H3,(H2,23,24,25);1H. The van der Waals surface area contributed by atoms with Crippen LogP contribution in [0.2, 0.25) is 0 Å². The molecule has 0 fully saturated rings. The quantitative estimate of drug-likeness (QED) is 0.257. The molecule has 0 saturated heterocycles. The number of hydrogen-bond acceptors (Lipinski definition) is 3. The van der Waals surface area contributed by atoms with Gasteiger partial charge in [-0.3, -0.25) is 9.67 Å². The number of hydrogen-bond donors (Lipinski definition) is 2. The van der Waals surface area contributed by atoms with Crippen molar-refractivity contribution in [1.29, 1.82) is 0 Å². The number of aromatic nitrogens is 2. The highest BCUT2D eigenvalue weighted by Crippen LogP contribution is 2.30. The lowest BCUT2D eigenvalue weighted by Crippen LogP contribution is -2.36. The number of aliphatic imine (C=N–C) groups is 1. The Morgan fingerprint density at radius 3 is 2.38 bits per heavy atom. The summed E-state index contributed by atoms with van der Waals surface area (Å²) in [6.45, 7) is -1.26. The van der Waals surface area contributed by atoms with E-state index in [-0.39, 0.29) is 54.3 Å². The van der Waals surface area contributed by atoms with Crippen LogP contribution in [-0.4, -0.2) is 29.4 Å². The minimum absolute atomic E-state index is 0. The minimum Gasteiger partial charge on any atom is -0.434 e. The van der Waals surface area contributed by atoms with Crippen molar-refractivity contribution in [3.63, 3.8) is 0 Å². The third kappa shape index (κ3) is 7.33. The average Bonchev–Trinajstić information content (AvgIpc) is 2.98. The Hall–Kier alpha value is -2.12. The van der Waals surface area contributed by atoms with Crippen molar-refractivity contribution in [2.75, 3.05) is 7.05 Å². The Balaban J connectivity index is 0.00000420. The van der Waals surface area contributed by atoms with Crippen LogP contribution >= 0.6 is 24.0 Å². The first kappa shape index (κ1) is 24.9. The second-order valence-electron chi connectivity index (χ2n) is 5.94. The van der Waals surface area contributed by atoms with Crippen LogP contribution in [0.5, 0.6) is 5.75 Å². The highest BCUT2D eigenvalue weighted by Gasteiger charge is 2.36. The predicted octanol–water partition coefficient (Wildman–Crippen LogP) is 3.83. The Labute approximate surface area is 181 Å². The highest BCUT2D eigenvalue weighted by atomic mass is 127. The van der Waals surface area contributed by atoms with Gasteiger partial charge in [0.2, 0.25) is 0 Å². The third-order valence-corrected chi connectivity index (χ3v) is 3.72. The van der Waals surface area contributed by atoms with Gasteiger partial charge in [-0.1, -0.05) is 17.7 Å². The van der Waals surface area contributed by atoms with Gasteiger partial charge in [0.15, 0.2) is 11.7 Å². The summed E-state index contributed by atoms with van der Waals surface area (Å²) in [5, 5.41) is 9.05. The lowest BCUT2D eigenvalue weighted by Gasteiger charge is -2.15. The Bertz CT molecular complexity index is 838. The smallest absolute Gasteiger partial charge is 0.434 e. The summed E-state index contributed by atoms with van der Waals surface area (Å²) in [7, 11) is 2.84. The van der Waals surface area contributed by atoms with Crippen molar-refractivity contribution in [3.05, 3.63) is 46.8 Å². The second kappa shape index (κ2) is 10.6. The molecule has 0 radical (unpaired) electrons. The number of nitrogens with zero attached hydrogens (tertiary/aromatic N) is 3. The number of aryl methyl sites for hydroxylation is 2. The fourth-order valence-corrected chi connectivity index (χ4v) is 2.54. The molecule has 162 valence electrons. The van der Waals surface area contributed by atoms with Crippen LogP contribution in [0, 0.1) is 6.92 Å². The SMILES string of the molecule is CN=C(NCc1cc(C)ccc1OC(F)F)NCc1cn(C)nc1C(F)(F)F.I. The van der Waals surface area contributed by atoms with Gasteiger partial charge in [0.1, 0.15) is 5.75 Å². The van der Waals surface area contributed by atoms with Crippen molar-refractivity contribution in [3.8, 4) is 5.75 Å². The number of halogens is 6. The lowest BCUT2D eigenvalue weighted by molar-refractivity contribution is -0.142. The maximum absolute atomic E-state index is 13.0. The van der Waals surface area contributed by atoms with Crippen molar-refractivity contribution in [1.82, 2.24) is 20.4 Å². The Morgan fingerprint density at radius 2 is 1.83 bits per heavy atom. The summed E-state index contributed by atoms with van der Waals surface area (Å²) in [5.41, 5.74) is 0.270. The molecule has 0 unspecified atom stereocenters. The topological polar surface area (TPSA) is 63.5 Å². The van der Waals surface area contributed by atoms with Gasteiger partial charge >= 0.3 is 12.8 Å². The van der Waals surface area contributed by atoms with E-state index in [1.807, 2.05) is 0 Å². The second-order valence-corrected chi connectivity index (χ2v) is 5.94. The van der Waals surface area contributed by atoms with E-state index in [4.69, 9.17) is 0 Å². The fraction of sp³-hybridized carbons (Fsp3) is 0.412. The normalized spacial score (nSPS) is 12.0. The molecule has 0 aliphatic heterocycles. The molecule has 2 aromatic rings. The summed E-state index contributed by atoms with van der Waals surface area (Å²) in [4.78, 5) is 3.93. The van der Waals surface area contributed by atoms with Gasteiger partial charge in [0, 0.05) is 44.5 Å². The Kier molecular flexibility index (Phi) is 9.11. The molecule has 1 heterocycles. The zero-order valence-corrected chi connectivity index (χ0v) is 18.2. The van der Waals surface area contributed by atoms with Gasteiger partial charge in [-0.25, -0.2) is 0 Å². The van der Waals surface area contributed by atoms with Gasteiger partial charge in [0.05, 0.1) is 0 Å². The van der Waals surface area contributed by atoms with E-state index in [9.17, 15) is 22.0 Å². The number of rotatable bonds is 6. The highest BCUT2D eigenvalue weighted by molar-refractivity contribution is 14.0. The van der Waals surface area contributed by atoms with Gasteiger partial charge in [-0.2, -0.15) is 27.1 Å². The van der Waals surface area contributed by atoms with E-state index in [0.29, 0.717) is 5.56 Å². The van der Waals surface area contributed by atoms with Crippen molar-refractivity contribution < 1.29 is 26.7 Å². The van der Waals surface area contributed by atoms with E-state index in [1.54, 1.807) is 19.1 Å². The number of alkyl halides is 5. The minimum atomic E-state index is -4.57. The molecule has 0 atom stereocenters. The van der Waals surface area contributed by atoms with E-state index in [1.165, 1.54) is 26.4 Å². The first-order valence-corrected chi connectivity index (χ1v) is 8.18. The molecule has 0 aliphatic carbocycles. The maximum Gasteiger partial charge on any atom is 0.435 e. The summed E-state index contributed by atoms with van der Waals surface area (Å²) in [5.74, 6) is 0.205. The first-order chi connectivity index (χ1) is 13.1. The van der Waals surface area contributed by atoms with Crippen molar-refractivity contribution >= 4 is 29.9 Å². The molecule has 12 heteroatoms. The van der Waals surface area contributed by atoms with Crippen LogP contribution in [0.15, 0.2) is 29.4 Å². The maximum atomic E-state index is 13.0. The van der Waals surface area contributed by atoms with E-state index < -0.39 is 18.5 Å². The zero-order chi connectivity index (χ0) is 20.9. The van der Waals surface area contributed by atoms with Gasteiger partial charge in [-0.15, -0.1) is 24.0 Å². The van der Waals surface area contributed by atoms with Gasteiger partial charge in [0.25, 0.3) is 0 Å². The molecule has 0 spiro atoms. The van der Waals surface area contributed by atoms with Crippen LogP contribution in [0.1, 0.15) is 22.4 Å². The molecule has 1 aromatic heterocycles. The number of guanidine groups is 1. The molecule has 2 rings (SSSR count). The zero-order valence-electron chi connectivity index (χ0n) is 15.8. The largest absolute Gasteiger partial charge is 0.435 e. The summed E-state index contributed by atoms with van der Waals surface area (Å²) >= 11 is 0. The van der Waals surface area contributed by atoms with E-state index in [2.05, 4.69) is 25.5 Å². The summed E-state index contributed by atoms with van der Waals surface area (Å²) in [6.07, 6.45) is -3.31. The first-order valence-electron chi connectivity index (χ1n) is 8.18. The number of ether oxygens (including phenoxy) is 1. The molecule has 0 bridgehead atoms. The molecule has 0 saturated carbocycles. The molecule has 2 N–H and O–H groups in total. The van der Waals surface area contributed by atoms with Gasteiger partial charge in [-0.05, 0) is 13.0 Å². The van der Waals surface area contributed by atoms with Gasteiger partial charge < -0.3 is 15.4 Å². The van der Waals surface area contributed by atoms with Crippen LogP contribution < -0.4 is 15.4 Å². The number of nitrogens with one attached hydrogen (secondary N) is 2. The number of benzene rings is 1. The summed E-state index contributed by atoms with van der Waals surface area (Å²) in [6, 6.07) is 4.73. The molecule has 0 aliphatic rings. The van der Waals surface area contributed by atoms with Crippen LogP contribution in [0.25, 0.3) is 0 Å². The third-order valence-electron chi connectivity index (χ3n) is 3.72. The monoisotopic (exact) mass is 533 g/mol. The fourth-order valence-electron chi connectivity index (χ4n) is 2.54. The van der Waals surface area contributed by atoms with Crippen molar-refractivity contribution in [2.45, 2.75) is 32.8 Å². The van der Waals surface area contributed by atoms with Crippen LogP contribution in [-0.2, 0) is 26.3 Å². The van der Waals surface area contributed by atoms with E-state index in [0.717, 1.165) is 10.2 Å². The molecule has 6 nitrogen and oxygen atoms in total.